The number of hydrogen-bond donors (Lipinski definition) is 1. The summed E-state index contributed by atoms with van der Waals surface area (Å²) in [5.74, 6) is 0.869. The Kier molecular flexibility index (Phi) is 6.86. The third-order valence-electron chi connectivity index (χ3n) is 5.31. The summed E-state index contributed by atoms with van der Waals surface area (Å²) in [7, 11) is 3.10. The largest absolute Gasteiger partial charge is 0.573 e. The Labute approximate surface area is 204 Å². The summed E-state index contributed by atoms with van der Waals surface area (Å²) in [5.41, 5.74) is 2.13. The Bertz CT molecular complexity index is 1440. The maximum atomic E-state index is 13.5. The number of nitrogens with zero attached hydrogens (tertiary/aromatic N) is 2. The van der Waals surface area contributed by atoms with E-state index in [-0.39, 0.29) is 16.8 Å². The summed E-state index contributed by atoms with van der Waals surface area (Å²) >= 11 is 0. The lowest BCUT2D eigenvalue weighted by atomic mass is 10.0. The molecule has 4 aromatic rings. The van der Waals surface area contributed by atoms with Crippen molar-refractivity contribution in [1.29, 1.82) is 0 Å². The molecule has 0 aliphatic carbocycles. The first-order chi connectivity index (χ1) is 17.2. The molecule has 186 valence electrons. The van der Waals surface area contributed by atoms with Crippen molar-refractivity contribution in [2.75, 3.05) is 14.2 Å². The normalized spacial score (nSPS) is 11.9. The topological polar surface area (TPSA) is 77.8 Å². The van der Waals surface area contributed by atoms with Crippen LogP contribution < -0.4 is 19.8 Å². The predicted molar refractivity (Wildman–Crippen MR) is 130 cm³/mol. The molecule has 1 aromatic heterocycles. The molecule has 1 N–H and O–H groups in total. The van der Waals surface area contributed by atoms with Crippen LogP contribution in [0, 0.1) is 0 Å². The second kappa shape index (κ2) is 10.0. The minimum atomic E-state index is -4.83. The lowest BCUT2D eigenvalue weighted by Crippen LogP contribution is -2.19. The summed E-state index contributed by atoms with van der Waals surface area (Å²) in [5, 5.41) is 3.13. The molecule has 0 aliphatic heterocycles. The second-order valence-corrected chi connectivity index (χ2v) is 7.67. The molecule has 10 heteroatoms. The number of aliphatic imine (C=N–C) groups is 1. The van der Waals surface area contributed by atoms with Crippen molar-refractivity contribution >= 4 is 11.4 Å². The van der Waals surface area contributed by atoms with E-state index >= 15 is 0 Å². The summed E-state index contributed by atoms with van der Waals surface area (Å²) in [6, 6.07) is 19.2. The van der Waals surface area contributed by atoms with Crippen molar-refractivity contribution in [1.82, 2.24) is 9.78 Å². The molecule has 4 rings (SSSR count). The van der Waals surface area contributed by atoms with Crippen LogP contribution in [0.15, 0.2) is 82.6 Å². The van der Waals surface area contributed by atoms with E-state index in [2.05, 4.69) is 14.8 Å². The van der Waals surface area contributed by atoms with Crippen LogP contribution in [0.1, 0.15) is 12.5 Å². The van der Waals surface area contributed by atoms with Gasteiger partial charge in [0.05, 0.1) is 42.6 Å². The van der Waals surface area contributed by atoms with E-state index in [1.54, 1.807) is 69.7 Å². The first-order valence-electron chi connectivity index (χ1n) is 10.7. The summed E-state index contributed by atoms with van der Waals surface area (Å²) in [6.07, 6.45) is -4.83. The lowest BCUT2D eigenvalue weighted by Gasteiger charge is -2.09. The SMILES string of the molecule is COc1ccc(-c2[nH]n(-c3ccc(OC)cc3)c(=O)c2C(C)=Nc2cccc(OC(F)(F)F)c2)cc1. The summed E-state index contributed by atoms with van der Waals surface area (Å²) in [6.45, 7) is 1.62. The molecular weight excluding hydrogens is 475 g/mol. The molecule has 0 unspecified atom stereocenters. The van der Waals surface area contributed by atoms with Crippen LogP contribution >= 0.6 is 0 Å². The average Bonchev–Trinajstić information content (AvgIpc) is 3.20. The van der Waals surface area contributed by atoms with Gasteiger partial charge >= 0.3 is 6.36 Å². The van der Waals surface area contributed by atoms with Crippen LogP contribution in [0.2, 0.25) is 0 Å². The fraction of sp³-hybridized carbons (Fsp3) is 0.154. The van der Waals surface area contributed by atoms with Crippen molar-refractivity contribution in [3.63, 3.8) is 0 Å². The number of rotatable bonds is 7. The zero-order chi connectivity index (χ0) is 25.9. The van der Waals surface area contributed by atoms with Gasteiger partial charge in [-0.05, 0) is 67.6 Å². The number of H-pyrrole nitrogens is 1. The molecule has 36 heavy (non-hydrogen) atoms. The third kappa shape index (κ3) is 5.43. The van der Waals surface area contributed by atoms with Crippen LogP contribution in [0.4, 0.5) is 18.9 Å². The van der Waals surface area contributed by atoms with Crippen LogP contribution in [0.3, 0.4) is 0 Å². The number of benzene rings is 3. The number of aromatic nitrogens is 2. The number of alkyl halides is 3. The highest BCUT2D eigenvalue weighted by Gasteiger charge is 2.31. The first-order valence-corrected chi connectivity index (χ1v) is 10.7. The smallest absolute Gasteiger partial charge is 0.497 e. The Hall–Kier alpha value is -4.47. The van der Waals surface area contributed by atoms with Crippen LogP contribution in [-0.4, -0.2) is 36.1 Å². The van der Waals surface area contributed by atoms with Gasteiger partial charge in [-0.3, -0.25) is 14.9 Å². The van der Waals surface area contributed by atoms with Gasteiger partial charge in [0.1, 0.15) is 17.2 Å². The van der Waals surface area contributed by atoms with Gasteiger partial charge in [0.2, 0.25) is 0 Å². The van der Waals surface area contributed by atoms with E-state index < -0.39 is 12.1 Å². The molecule has 0 atom stereocenters. The number of nitrogens with one attached hydrogen (secondary N) is 1. The molecular formula is C26H22F3N3O4. The van der Waals surface area contributed by atoms with Crippen molar-refractivity contribution < 1.29 is 27.4 Å². The molecule has 0 amide bonds. The van der Waals surface area contributed by atoms with Gasteiger partial charge in [0.25, 0.3) is 5.56 Å². The van der Waals surface area contributed by atoms with Crippen LogP contribution in [0.5, 0.6) is 17.2 Å². The Morgan fingerprint density at radius 1 is 0.889 bits per heavy atom. The van der Waals surface area contributed by atoms with Crippen LogP contribution in [0.25, 0.3) is 16.9 Å². The quantitative estimate of drug-likeness (QED) is 0.323. The Morgan fingerprint density at radius 3 is 2.08 bits per heavy atom. The van der Waals surface area contributed by atoms with Gasteiger partial charge in [-0.1, -0.05) is 6.07 Å². The Balaban J connectivity index is 1.83. The maximum absolute atomic E-state index is 13.5. The number of aromatic amines is 1. The van der Waals surface area contributed by atoms with Crippen molar-refractivity contribution in [3.05, 3.63) is 88.7 Å². The molecule has 0 fully saturated rings. The van der Waals surface area contributed by atoms with Gasteiger partial charge in [-0.25, -0.2) is 4.68 Å². The molecule has 0 aliphatic rings. The molecule has 0 spiro atoms. The maximum Gasteiger partial charge on any atom is 0.573 e. The molecule has 1 heterocycles. The van der Waals surface area contributed by atoms with Gasteiger partial charge in [-0.15, -0.1) is 13.2 Å². The summed E-state index contributed by atoms with van der Waals surface area (Å²) in [4.78, 5) is 18.0. The zero-order valence-corrected chi connectivity index (χ0v) is 19.6. The minimum absolute atomic E-state index is 0.200. The van der Waals surface area contributed by atoms with Gasteiger partial charge < -0.3 is 14.2 Å². The second-order valence-electron chi connectivity index (χ2n) is 7.67. The third-order valence-corrected chi connectivity index (χ3v) is 5.31. The van der Waals surface area contributed by atoms with E-state index in [4.69, 9.17) is 9.47 Å². The van der Waals surface area contributed by atoms with E-state index in [0.29, 0.717) is 34.2 Å². The van der Waals surface area contributed by atoms with Gasteiger partial charge in [0.15, 0.2) is 0 Å². The molecule has 0 saturated carbocycles. The number of methoxy groups -OCH3 is 2. The monoisotopic (exact) mass is 497 g/mol. The first kappa shape index (κ1) is 24.6. The molecule has 0 radical (unpaired) electrons. The molecule has 7 nitrogen and oxygen atoms in total. The van der Waals surface area contributed by atoms with Crippen molar-refractivity contribution in [2.45, 2.75) is 13.3 Å². The minimum Gasteiger partial charge on any atom is -0.497 e. The highest BCUT2D eigenvalue weighted by atomic mass is 19.4. The van der Waals surface area contributed by atoms with E-state index in [1.165, 1.54) is 22.9 Å². The Morgan fingerprint density at radius 2 is 1.50 bits per heavy atom. The van der Waals surface area contributed by atoms with E-state index in [9.17, 15) is 18.0 Å². The zero-order valence-electron chi connectivity index (χ0n) is 19.6. The predicted octanol–water partition coefficient (Wildman–Crippen LogP) is 5.89. The standard InChI is InChI=1S/C26H22F3N3O4/c1-16(30-18-5-4-6-22(15-18)36-26(27,28)29)23-24(17-7-11-20(34-2)12-8-17)31-32(25(23)33)19-9-13-21(35-3)14-10-19/h4-15,31H,1-3H3. The fourth-order valence-corrected chi connectivity index (χ4v) is 3.65. The highest BCUT2D eigenvalue weighted by Crippen LogP contribution is 2.28. The molecule has 3 aromatic carbocycles. The number of halogens is 3. The van der Waals surface area contributed by atoms with Gasteiger partial charge in [0, 0.05) is 11.6 Å². The number of hydrogen-bond acceptors (Lipinski definition) is 5. The van der Waals surface area contributed by atoms with Crippen molar-refractivity contribution in [2.24, 2.45) is 4.99 Å². The lowest BCUT2D eigenvalue weighted by molar-refractivity contribution is -0.274. The van der Waals surface area contributed by atoms with Crippen molar-refractivity contribution in [3.8, 4) is 34.2 Å². The molecule has 0 bridgehead atoms. The highest BCUT2D eigenvalue weighted by molar-refractivity contribution is 6.04. The van der Waals surface area contributed by atoms with Crippen LogP contribution in [-0.2, 0) is 0 Å². The van der Waals surface area contributed by atoms with E-state index in [1.807, 2.05) is 0 Å². The van der Waals surface area contributed by atoms with E-state index in [0.717, 1.165) is 6.07 Å². The fourth-order valence-electron chi connectivity index (χ4n) is 3.65. The molecule has 0 saturated heterocycles. The average molecular weight is 497 g/mol. The van der Waals surface area contributed by atoms with Gasteiger partial charge in [-0.2, -0.15) is 0 Å². The summed E-state index contributed by atoms with van der Waals surface area (Å²) < 4.78 is 53.7. The number of ether oxygens (including phenoxy) is 3.